The summed E-state index contributed by atoms with van der Waals surface area (Å²) in [5.41, 5.74) is 6.16. The predicted octanol–water partition coefficient (Wildman–Crippen LogP) is 6.04. The van der Waals surface area contributed by atoms with Gasteiger partial charge in [-0.15, -0.1) is 0 Å². The molecule has 2 aliphatic rings. The molecule has 2 aliphatic heterocycles. The summed E-state index contributed by atoms with van der Waals surface area (Å²) < 4.78 is 0.659. The van der Waals surface area contributed by atoms with Crippen molar-refractivity contribution in [3.8, 4) is 45.6 Å². The van der Waals surface area contributed by atoms with E-state index < -0.39 is 0 Å². The molecule has 42 heavy (non-hydrogen) atoms. The molecule has 0 saturated heterocycles. The molecule has 2 N–H and O–H groups in total. The zero-order valence-corrected chi connectivity index (χ0v) is 23.3. The van der Waals surface area contributed by atoms with Gasteiger partial charge in [0.25, 0.3) is 0 Å². The Morgan fingerprint density at radius 2 is 0.786 bits per heavy atom. The van der Waals surface area contributed by atoms with E-state index in [9.17, 15) is 0 Å². The molecule has 0 atom stereocenters. The van der Waals surface area contributed by atoms with Crippen LogP contribution in [0.5, 0.6) is 0 Å². The number of benzene rings is 4. The molecule has 0 spiro atoms. The molecule has 7 aromatic rings. The fourth-order valence-corrected chi connectivity index (χ4v) is 5.95. The molecule has 4 aromatic carbocycles. The molecule has 8 bridgehead atoms. The van der Waals surface area contributed by atoms with Gasteiger partial charge in [0.05, 0.1) is 0 Å². The first-order valence-corrected chi connectivity index (χ1v) is 13.5. The van der Waals surface area contributed by atoms with E-state index in [1.54, 1.807) is 0 Å². The third-order valence-corrected chi connectivity index (χ3v) is 7.89. The number of hydrogen-bond donors (Lipinski definition) is 2. The average Bonchev–Trinajstić information content (AvgIpc) is 3.73. The second-order valence-corrected chi connectivity index (χ2v) is 10.4. The van der Waals surface area contributed by atoms with E-state index in [1.165, 1.54) is 0 Å². The first kappa shape index (κ1) is 25.0. The van der Waals surface area contributed by atoms with Crippen molar-refractivity contribution in [1.82, 2.24) is 39.9 Å². The molecule has 0 unspecified atom stereocenters. The number of fused-ring (bicyclic) bond motifs is 20. The first-order chi connectivity index (χ1) is 20.2. The minimum atomic E-state index is 0. The summed E-state index contributed by atoms with van der Waals surface area (Å²) >= 11 is 5.94. The molecule has 0 saturated carbocycles. The van der Waals surface area contributed by atoms with Gasteiger partial charge < -0.3 is 0 Å². The molecule has 1 radical (unpaired) electrons. The summed E-state index contributed by atoms with van der Waals surface area (Å²) in [6.07, 6.45) is 0. The number of H-pyrrole nitrogens is 2. The quantitative estimate of drug-likeness (QED) is 0.196. The molecule has 0 amide bonds. The predicted molar refractivity (Wildman–Crippen MR) is 156 cm³/mol. The van der Waals surface area contributed by atoms with E-state index in [2.05, 4.69) is 9.97 Å². The second kappa shape index (κ2) is 9.41. The maximum atomic E-state index is 5.94. The van der Waals surface area contributed by atoms with Crippen molar-refractivity contribution in [2.45, 2.75) is 0 Å². The van der Waals surface area contributed by atoms with Gasteiger partial charge in [-0.25, -0.2) is 0 Å². The van der Waals surface area contributed by atoms with Crippen LogP contribution in [-0.4, -0.2) is 39.9 Å². The van der Waals surface area contributed by atoms with Gasteiger partial charge in [0.1, 0.15) is 0 Å². The Hall–Kier alpha value is -4.72. The fraction of sp³-hybridized carbons (Fsp3) is 0. The average molecular weight is 641 g/mol. The van der Waals surface area contributed by atoms with Gasteiger partial charge in [0.2, 0.25) is 0 Å². The van der Waals surface area contributed by atoms with Crippen LogP contribution >= 0.6 is 0 Å². The SMILES string of the molecule is [Cu].[Cu][c]1cccc2c3nc4nc(nc5[nH]c(nc6nc(nc([nH]3)c12)-c1ccccc1-6)c1ccccc51)-c1ccccc1-4. The standard InChI is InChI=1S/C32H17N8.2Cu/c1-2-10-18-17(9-1)25-33-26(18)38-28-21-13-5-6-14-22(21)30(35-28)40-32-24-16-8-7-15-23(24)31(36-32)39-29-20-12-4-3-11-19(20)27(34-29)37-25;;/h1-15H,(H2,33,34,35,36,37,38,39,40);;. The molecule has 10 heteroatoms. The van der Waals surface area contributed by atoms with E-state index in [-0.39, 0.29) is 17.1 Å². The zero-order chi connectivity index (χ0) is 27.1. The van der Waals surface area contributed by atoms with E-state index >= 15 is 0 Å². The van der Waals surface area contributed by atoms with Gasteiger partial charge in [-0.05, 0) is 0 Å². The van der Waals surface area contributed by atoms with Gasteiger partial charge in [-0.2, -0.15) is 0 Å². The van der Waals surface area contributed by atoms with Crippen LogP contribution in [0.15, 0.2) is 91.0 Å². The van der Waals surface area contributed by atoms with Crippen molar-refractivity contribution in [3.05, 3.63) is 91.0 Å². The van der Waals surface area contributed by atoms with Crippen molar-refractivity contribution in [2.24, 2.45) is 0 Å². The molecule has 8 nitrogen and oxygen atoms in total. The molecular weight excluding hydrogens is 624 g/mol. The van der Waals surface area contributed by atoms with Gasteiger partial charge in [-0.3, -0.25) is 0 Å². The third-order valence-electron chi connectivity index (χ3n) is 7.50. The van der Waals surface area contributed by atoms with Crippen LogP contribution in [0, 0.1) is 0 Å². The molecule has 207 valence electrons. The van der Waals surface area contributed by atoms with Crippen LogP contribution < -0.4 is 4.46 Å². The van der Waals surface area contributed by atoms with Crippen molar-refractivity contribution in [1.29, 1.82) is 0 Å². The number of rotatable bonds is 0. The number of nitrogens with one attached hydrogen (secondary N) is 2. The first-order valence-electron chi connectivity index (χ1n) is 13.1. The van der Waals surface area contributed by atoms with Gasteiger partial charge in [0.15, 0.2) is 0 Å². The van der Waals surface area contributed by atoms with Crippen molar-refractivity contribution in [3.63, 3.8) is 0 Å². The summed E-state index contributed by atoms with van der Waals surface area (Å²) in [5.74, 6) is 2.26. The summed E-state index contributed by atoms with van der Waals surface area (Å²) in [6.45, 7) is 0. The van der Waals surface area contributed by atoms with Crippen LogP contribution in [0.25, 0.3) is 89.7 Å². The molecule has 0 aliphatic carbocycles. The monoisotopic (exact) mass is 639 g/mol. The maximum absolute atomic E-state index is 5.94. The molecule has 3 aromatic heterocycles. The Bertz CT molecular complexity index is 2400. The van der Waals surface area contributed by atoms with Gasteiger partial charge in [0, 0.05) is 17.1 Å². The Kier molecular flexibility index (Phi) is 5.61. The molecule has 0 fully saturated rings. The number of aromatic nitrogens is 8. The second-order valence-electron chi connectivity index (χ2n) is 9.87. The Morgan fingerprint density at radius 3 is 1.29 bits per heavy atom. The Labute approximate surface area is 257 Å². The van der Waals surface area contributed by atoms with Crippen LogP contribution in [0.3, 0.4) is 0 Å². The summed E-state index contributed by atoms with van der Waals surface area (Å²) in [5, 5.41) is 3.55. The normalized spacial score (nSPS) is 11.8. The van der Waals surface area contributed by atoms with Crippen molar-refractivity contribution in [2.75, 3.05) is 0 Å². The summed E-state index contributed by atoms with van der Waals surface area (Å²) in [6, 6.07) is 29.8. The molecule has 9 rings (SSSR count). The van der Waals surface area contributed by atoms with Crippen LogP contribution in [0.2, 0.25) is 0 Å². The zero-order valence-electron chi connectivity index (χ0n) is 21.4. The third kappa shape index (κ3) is 3.67. The van der Waals surface area contributed by atoms with Gasteiger partial charge >= 0.3 is 235 Å². The van der Waals surface area contributed by atoms with E-state index in [0.29, 0.717) is 50.3 Å². The van der Waals surface area contributed by atoms with E-state index in [4.69, 9.17) is 45.9 Å². The summed E-state index contributed by atoms with van der Waals surface area (Å²) in [7, 11) is 0. The summed E-state index contributed by atoms with van der Waals surface area (Å²) in [4.78, 5) is 36.7. The Morgan fingerprint density at radius 1 is 0.405 bits per heavy atom. The molecular formula is C32H17Cu2N8. The fourth-order valence-electron chi connectivity index (χ4n) is 5.62. The number of nitrogens with zero attached hydrogens (tertiary/aromatic N) is 6. The van der Waals surface area contributed by atoms with E-state index in [1.807, 2.05) is 91.0 Å². The van der Waals surface area contributed by atoms with Crippen molar-refractivity contribution < 1.29 is 33.1 Å². The van der Waals surface area contributed by atoms with Crippen LogP contribution in [0.4, 0.5) is 0 Å². The number of hydrogen-bond acceptors (Lipinski definition) is 6. The topological polar surface area (TPSA) is 109 Å². The van der Waals surface area contributed by atoms with Gasteiger partial charge in [-0.1, -0.05) is 6.07 Å². The minimum absolute atomic E-state index is 0. The van der Waals surface area contributed by atoms with Crippen LogP contribution in [0.1, 0.15) is 0 Å². The van der Waals surface area contributed by atoms with Crippen molar-refractivity contribution >= 4 is 48.6 Å². The van der Waals surface area contributed by atoms with Crippen LogP contribution in [-0.2, 0) is 33.1 Å². The molecule has 5 heterocycles. The Balaban J connectivity index is 0.00000267. The van der Waals surface area contributed by atoms with E-state index in [0.717, 1.165) is 43.8 Å². The number of aromatic amines is 2.